The number of hydrogen-bond acceptors (Lipinski definition) is 6. The van der Waals surface area contributed by atoms with Crippen LogP contribution in [0.2, 0.25) is 0 Å². The molecule has 0 aromatic heterocycles. The molecule has 1 heterocycles. The van der Waals surface area contributed by atoms with Crippen LogP contribution in [0.5, 0.6) is 5.75 Å². The quantitative estimate of drug-likeness (QED) is 0.564. The standard InChI is InChI=1S/C24H28F3NO5/c1-13-19(22(30)32-5)20(21-16(28-13)9-23(2,3)10-17(21)29)14-6-7-18(31-4)15(8-14)11-33-12-24(25,26)27/h6-8,19-20H,9-12H2,1-5H3/t19?,20-/m1/s1. The van der Waals surface area contributed by atoms with Gasteiger partial charge in [0.15, 0.2) is 5.78 Å². The molecule has 0 radical (unpaired) electrons. The Morgan fingerprint density at radius 3 is 2.52 bits per heavy atom. The summed E-state index contributed by atoms with van der Waals surface area (Å²) in [6.07, 6.45) is -3.57. The van der Waals surface area contributed by atoms with Crippen molar-refractivity contribution in [2.75, 3.05) is 20.8 Å². The van der Waals surface area contributed by atoms with Crippen LogP contribution in [0.3, 0.4) is 0 Å². The number of halogens is 3. The third-order valence-corrected chi connectivity index (χ3v) is 5.94. The summed E-state index contributed by atoms with van der Waals surface area (Å²) < 4.78 is 52.8. The number of esters is 1. The van der Waals surface area contributed by atoms with Gasteiger partial charge in [-0.1, -0.05) is 19.9 Å². The van der Waals surface area contributed by atoms with Crippen molar-refractivity contribution in [2.24, 2.45) is 16.3 Å². The number of ketones is 1. The van der Waals surface area contributed by atoms with E-state index in [2.05, 4.69) is 4.99 Å². The lowest BCUT2D eigenvalue weighted by atomic mass is 9.66. The van der Waals surface area contributed by atoms with E-state index in [0.29, 0.717) is 46.7 Å². The van der Waals surface area contributed by atoms with Gasteiger partial charge in [-0.3, -0.25) is 14.6 Å². The number of hydrogen-bond donors (Lipinski definition) is 0. The number of aliphatic imine (C=N–C) groups is 1. The molecule has 1 aliphatic carbocycles. The Labute approximate surface area is 190 Å². The van der Waals surface area contributed by atoms with E-state index in [1.54, 1.807) is 25.1 Å². The van der Waals surface area contributed by atoms with E-state index in [4.69, 9.17) is 14.2 Å². The Morgan fingerprint density at radius 2 is 1.91 bits per heavy atom. The van der Waals surface area contributed by atoms with E-state index < -0.39 is 30.6 Å². The van der Waals surface area contributed by atoms with Crippen LogP contribution < -0.4 is 4.74 Å². The molecule has 9 heteroatoms. The molecule has 33 heavy (non-hydrogen) atoms. The number of allylic oxidation sites excluding steroid dienone is 2. The first-order chi connectivity index (χ1) is 15.4. The van der Waals surface area contributed by atoms with Gasteiger partial charge >= 0.3 is 12.1 Å². The minimum atomic E-state index is -4.46. The minimum absolute atomic E-state index is 0.0953. The van der Waals surface area contributed by atoms with Crippen molar-refractivity contribution >= 4 is 17.5 Å². The number of rotatable bonds is 6. The number of benzene rings is 1. The molecule has 0 amide bonds. The maximum Gasteiger partial charge on any atom is 0.411 e. The second-order valence-electron chi connectivity index (χ2n) is 9.21. The second-order valence-corrected chi connectivity index (χ2v) is 9.21. The molecular formula is C24H28F3NO5. The lowest BCUT2D eigenvalue weighted by Crippen LogP contribution is -2.39. The van der Waals surface area contributed by atoms with E-state index >= 15 is 0 Å². The molecule has 2 aliphatic rings. The van der Waals surface area contributed by atoms with Crippen LogP contribution in [0, 0.1) is 11.3 Å². The van der Waals surface area contributed by atoms with Crippen LogP contribution in [0.15, 0.2) is 34.5 Å². The molecule has 1 aliphatic heterocycles. The molecule has 2 atom stereocenters. The van der Waals surface area contributed by atoms with E-state index in [0.717, 1.165) is 0 Å². The maximum atomic E-state index is 13.2. The topological polar surface area (TPSA) is 74.2 Å². The summed E-state index contributed by atoms with van der Waals surface area (Å²) >= 11 is 0. The van der Waals surface area contributed by atoms with Gasteiger partial charge in [0.2, 0.25) is 0 Å². The molecule has 0 N–H and O–H groups in total. The van der Waals surface area contributed by atoms with Crippen molar-refractivity contribution in [3.8, 4) is 5.75 Å². The fourth-order valence-electron chi connectivity index (χ4n) is 4.62. The number of carbonyl (C=O) groups is 2. The van der Waals surface area contributed by atoms with Gasteiger partial charge < -0.3 is 14.2 Å². The highest BCUT2D eigenvalue weighted by molar-refractivity contribution is 6.09. The van der Waals surface area contributed by atoms with Gasteiger partial charge in [-0.25, -0.2) is 0 Å². The van der Waals surface area contributed by atoms with E-state index in [9.17, 15) is 22.8 Å². The second kappa shape index (κ2) is 9.29. The third-order valence-electron chi connectivity index (χ3n) is 5.94. The van der Waals surface area contributed by atoms with E-state index in [1.165, 1.54) is 14.2 Å². The molecule has 1 aromatic carbocycles. The van der Waals surface area contributed by atoms with Gasteiger partial charge in [-0.05, 0) is 36.5 Å². The van der Waals surface area contributed by atoms with Gasteiger partial charge in [0.05, 0.1) is 20.8 Å². The molecule has 3 rings (SSSR count). The molecule has 0 spiro atoms. The molecule has 1 unspecified atom stereocenters. The van der Waals surface area contributed by atoms with Crippen LogP contribution in [0.25, 0.3) is 0 Å². The number of methoxy groups -OCH3 is 2. The van der Waals surface area contributed by atoms with Crippen molar-refractivity contribution in [2.45, 2.75) is 52.3 Å². The zero-order valence-electron chi connectivity index (χ0n) is 19.3. The number of alkyl halides is 3. The largest absolute Gasteiger partial charge is 0.496 e. The zero-order chi connectivity index (χ0) is 24.6. The number of ether oxygens (including phenoxy) is 3. The van der Waals surface area contributed by atoms with Crippen LogP contribution in [0.1, 0.15) is 50.7 Å². The van der Waals surface area contributed by atoms with Crippen molar-refractivity contribution in [3.63, 3.8) is 0 Å². The van der Waals surface area contributed by atoms with Gasteiger partial charge in [-0.15, -0.1) is 0 Å². The monoisotopic (exact) mass is 467 g/mol. The van der Waals surface area contributed by atoms with Crippen LogP contribution in [-0.2, 0) is 25.7 Å². The molecule has 0 saturated heterocycles. The Morgan fingerprint density at radius 1 is 1.21 bits per heavy atom. The molecule has 0 saturated carbocycles. The first kappa shape index (κ1) is 25.0. The number of nitrogens with zero attached hydrogens (tertiary/aromatic N) is 1. The fourth-order valence-corrected chi connectivity index (χ4v) is 4.62. The summed E-state index contributed by atoms with van der Waals surface area (Å²) in [5.41, 5.74) is 2.34. The normalized spacial score (nSPS) is 22.5. The van der Waals surface area contributed by atoms with E-state index in [1.807, 2.05) is 13.8 Å². The van der Waals surface area contributed by atoms with Gasteiger partial charge in [-0.2, -0.15) is 13.2 Å². The summed E-state index contributed by atoms with van der Waals surface area (Å²) in [6, 6.07) is 4.95. The van der Waals surface area contributed by atoms with Crippen molar-refractivity contribution in [1.29, 1.82) is 0 Å². The first-order valence-corrected chi connectivity index (χ1v) is 10.6. The van der Waals surface area contributed by atoms with Gasteiger partial charge in [0.25, 0.3) is 0 Å². The summed E-state index contributed by atoms with van der Waals surface area (Å²) in [5.74, 6) is -1.77. The van der Waals surface area contributed by atoms with Gasteiger partial charge in [0.1, 0.15) is 18.3 Å². The van der Waals surface area contributed by atoms with Crippen molar-refractivity contribution < 1.29 is 37.0 Å². The minimum Gasteiger partial charge on any atom is -0.496 e. The Balaban J connectivity index is 2.09. The summed E-state index contributed by atoms with van der Waals surface area (Å²) in [7, 11) is 2.68. The predicted octanol–water partition coefficient (Wildman–Crippen LogP) is 4.76. The maximum absolute atomic E-state index is 13.2. The molecule has 0 bridgehead atoms. The Hall–Kier alpha value is -2.68. The highest BCUT2D eigenvalue weighted by atomic mass is 19.4. The Bertz CT molecular complexity index is 1010. The summed E-state index contributed by atoms with van der Waals surface area (Å²) in [4.78, 5) is 30.6. The van der Waals surface area contributed by atoms with Gasteiger partial charge in [0, 0.05) is 34.9 Å². The first-order valence-electron chi connectivity index (χ1n) is 10.6. The molecule has 6 nitrogen and oxygen atoms in total. The lowest BCUT2D eigenvalue weighted by Gasteiger charge is -2.39. The summed E-state index contributed by atoms with van der Waals surface area (Å²) in [6.45, 7) is 3.96. The smallest absolute Gasteiger partial charge is 0.411 e. The number of carbonyl (C=O) groups excluding carboxylic acids is 2. The molecular weight excluding hydrogens is 439 g/mol. The summed E-state index contributed by atoms with van der Waals surface area (Å²) in [5, 5.41) is 0. The average molecular weight is 467 g/mol. The SMILES string of the molecule is COC(=O)C1C(C)=NC2=C(C(=O)CC(C)(C)C2)[C@@H]1c1ccc(OC)c(COCC(F)(F)F)c1. The van der Waals surface area contributed by atoms with Crippen molar-refractivity contribution in [1.82, 2.24) is 0 Å². The van der Waals surface area contributed by atoms with Crippen LogP contribution in [-0.4, -0.2) is 44.5 Å². The van der Waals surface area contributed by atoms with Crippen LogP contribution in [0.4, 0.5) is 13.2 Å². The number of Topliss-reactive ketones (excluding diaryl/α,β-unsaturated/α-hetero) is 1. The molecule has 1 aromatic rings. The van der Waals surface area contributed by atoms with Crippen molar-refractivity contribution in [3.05, 3.63) is 40.6 Å². The van der Waals surface area contributed by atoms with E-state index in [-0.39, 0.29) is 17.8 Å². The van der Waals surface area contributed by atoms with Crippen LogP contribution >= 0.6 is 0 Å². The molecule has 180 valence electrons. The third kappa shape index (κ3) is 5.46. The molecule has 0 fully saturated rings. The average Bonchev–Trinajstić information content (AvgIpc) is 2.70. The Kier molecular flexibility index (Phi) is 7.02. The highest BCUT2D eigenvalue weighted by Gasteiger charge is 2.46. The highest BCUT2D eigenvalue weighted by Crippen LogP contribution is 2.48. The predicted molar refractivity (Wildman–Crippen MR) is 115 cm³/mol. The fraction of sp³-hybridized carbons (Fsp3) is 0.542. The zero-order valence-corrected chi connectivity index (χ0v) is 19.3. The lowest BCUT2D eigenvalue weighted by molar-refractivity contribution is -0.176.